The largest absolute Gasteiger partial charge is 0.442 e. The van der Waals surface area contributed by atoms with E-state index in [0.29, 0.717) is 37.3 Å². The highest BCUT2D eigenvalue weighted by Gasteiger charge is 2.33. The Balaban J connectivity index is 1.38. The van der Waals surface area contributed by atoms with Crippen LogP contribution in [-0.2, 0) is 16.1 Å². The molecule has 2 aliphatic heterocycles. The summed E-state index contributed by atoms with van der Waals surface area (Å²) in [5.74, 6) is -0.630. The van der Waals surface area contributed by atoms with Gasteiger partial charge in [0, 0.05) is 43.1 Å². The first-order valence-electron chi connectivity index (χ1n) is 10.5. The van der Waals surface area contributed by atoms with Gasteiger partial charge in [-0.3, -0.25) is 24.7 Å². The lowest BCUT2D eigenvalue weighted by Crippen LogP contribution is -2.33. The summed E-state index contributed by atoms with van der Waals surface area (Å²) in [5.41, 5.74) is 1.79. The van der Waals surface area contributed by atoms with Crippen molar-refractivity contribution in [3.05, 3.63) is 62.8 Å². The van der Waals surface area contributed by atoms with E-state index < -0.39 is 18.0 Å². The summed E-state index contributed by atoms with van der Waals surface area (Å²) in [5, 5.41) is 13.6. The number of benzene rings is 1. The smallest absolute Gasteiger partial charge is 0.414 e. The van der Waals surface area contributed by atoms with Gasteiger partial charge in [0.15, 0.2) is 0 Å². The Morgan fingerprint density at radius 3 is 2.82 bits per heavy atom. The van der Waals surface area contributed by atoms with E-state index in [-0.39, 0.29) is 28.9 Å². The summed E-state index contributed by atoms with van der Waals surface area (Å²) >= 11 is 1.17. The number of anilines is 1. The van der Waals surface area contributed by atoms with Gasteiger partial charge in [0.05, 0.1) is 23.7 Å². The second kappa shape index (κ2) is 9.67. The van der Waals surface area contributed by atoms with Crippen LogP contribution in [0.25, 0.3) is 5.57 Å². The zero-order valence-corrected chi connectivity index (χ0v) is 18.8. The van der Waals surface area contributed by atoms with Crippen molar-refractivity contribution in [3.8, 4) is 0 Å². The Morgan fingerprint density at radius 2 is 2.18 bits per heavy atom. The Kier molecular flexibility index (Phi) is 6.70. The number of cyclic esters (lactones) is 1. The first-order valence-corrected chi connectivity index (χ1v) is 11.3. The van der Waals surface area contributed by atoms with E-state index >= 15 is 0 Å². The fourth-order valence-corrected chi connectivity index (χ4v) is 4.76. The Morgan fingerprint density at radius 1 is 1.36 bits per heavy atom. The first-order chi connectivity index (χ1) is 15.8. The highest BCUT2D eigenvalue weighted by Crippen LogP contribution is 2.31. The van der Waals surface area contributed by atoms with E-state index in [1.54, 1.807) is 18.2 Å². The van der Waals surface area contributed by atoms with Crippen molar-refractivity contribution in [1.29, 1.82) is 0 Å². The van der Waals surface area contributed by atoms with E-state index in [2.05, 4.69) is 10.2 Å². The lowest BCUT2D eigenvalue weighted by molar-refractivity contribution is -0.380. The fraction of sp³-hybridized carbons (Fsp3) is 0.364. The molecule has 2 amide bonds. The molecule has 4 rings (SSSR count). The molecule has 2 aliphatic rings. The molecule has 33 heavy (non-hydrogen) atoms. The number of carbonyl (C=O) groups is 2. The summed E-state index contributed by atoms with van der Waals surface area (Å²) in [6.45, 7) is 3.76. The topological polar surface area (TPSA) is 105 Å². The highest BCUT2D eigenvalue weighted by atomic mass is 32.1. The zero-order valence-electron chi connectivity index (χ0n) is 18.0. The quantitative estimate of drug-likeness (QED) is 0.486. The number of hydrogen-bond acceptors (Lipinski definition) is 7. The second-order valence-electron chi connectivity index (χ2n) is 7.93. The number of hydrogen-bond donors (Lipinski definition) is 1. The van der Waals surface area contributed by atoms with Gasteiger partial charge in [-0.15, -0.1) is 0 Å². The molecule has 1 unspecified atom stereocenters. The zero-order chi connectivity index (χ0) is 23.5. The molecule has 9 nitrogen and oxygen atoms in total. The fourth-order valence-electron chi connectivity index (χ4n) is 3.90. The third kappa shape index (κ3) is 5.37. The van der Waals surface area contributed by atoms with Crippen LogP contribution in [0.5, 0.6) is 0 Å². The Labute approximate surface area is 193 Å². The number of nitro groups is 1. The van der Waals surface area contributed by atoms with Crippen LogP contribution in [0.4, 0.5) is 19.9 Å². The molecule has 2 aromatic rings. The molecule has 1 fully saturated rings. The molecule has 0 radical (unpaired) electrons. The lowest BCUT2D eigenvalue weighted by atomic mass is 9.98. The normalized spacial score (nSPS) is 18.7. The predicted octanol–water partition coefficient (Wildman–Crippen LogP) is 3.55. The maximum absolute atomic E-state index is 14.9. The van der Waals surface area contributed by atoms with E-state index in [1.807, 2.05) is 6.08 Å². The Hall–Kier alpha value is -3.31. The van der Waals surface area contributed by atoms with Gasteiger partial charge in [0.25, 0.3) is 0 Å². The van der Waals surface area contributed by atoms with Gasteiger partial charge < -0.3 is 10.1 Å². The third-order valence-corrected chi connectivity index (χ3v) is 6.58. The Bertz CT molecular complexity index is 1120. The molecule has 3 heterocycles. The maximum Gasteiger partial charge on any atom is 0.414 e. The van der Waals surface area contributed by atoms with Crippen molar-refractivity contribution in [2.45, 2.75) is 26.0 Å². The number of rotatable bonds is 7. The van der Waals surface area contributed by atoms with Crippen LogP contribution in [0.1, 0.15) is 23.8 Å². The van der Waals surface area contributed by atoms with E-state index in [9.17, 15) is 24.1 Å². The average molecular weight is 475 g/mol. The molecule has 1 N–H and O–H groups in total. The molecule has 0 aliphatic carbocycles. The van der Waals surface area contributed by atoms with Crippen molar-refractivity contribution in [2.75, 3.05) is 31.1 Å². The molecule has 1 aromatic heterocycles. The van der Waals surface area contributed by atoms with Crippen LogP contribution in [0, 0.1) is 15.9 Å². The minimum atomic E-state index is -0.571. The number of amides is 2. The van der Waals surface area contributed by atoms with Crippen LogP contribution >= 0.6 is 11.3 Å². The van der Waals surface area contributed by atoms with Crippen molar-refractivity contribution in [2.24, 2.45) is 0 Å². The second-order valence-corrected chi connectivity index (χ2v) is 9.08. The molecule has 1 aromatic carbocycles. The summed E-state index contributed by atoms with van der Waals surface area (Å²) in [6.07, 6.45) is 1.56. The molecule has 11 heteroatoms. The standard InChI is InChI=1S/C22H23FN4O5S/c1-14(28)24-11-17-12-26(22(29)32-17)16-2-4-19(20(23)10-16)15-6-8-25(9-7-15)13-18-3-5-21(33-18)27(30)31/h2-6,10,17H,7-9,11-13H2,1H3,(H,24,28). The molecular weight excluding hydrogens is 451 g/mol. The molecular formula is C22H23FN4O5S. The lowest BCUT2D eigenvalue weighted by Gasteiger charge is -2.26. The van der Waals surface area contributed by atoms with Crippen molar-refractivity contribution < 1.29 is 23.6 Å². The first kappa shape index (κ1) is 22.9. The van der Waals surface area contributed by atoms with Gasteiger partial charge in [-0.1, -0.05) is 17.4 Å². The molecule has 1 atom stereocenters. The van der Waals surface area contributed by atoms with E-state index in [0.717, 1.165) is 10.5 Å². The SMILES string of the molecule is CC(=O)NCC1CN(c2ccc(C3=CCN(Cc4ccc([N+](=O)[O-])s4)CC3)c(F)c2)C(=O)O1. The number of nitrogens with one attached hydrogen (secondary N) is 1. The van der Waals surface area contributed by atoms with Gasteiger partial charge in [-0.05, 0) is 36.3 Å². The van der Waals surface area contributed by atoms with E-state index in [4.69, 9.17) is 4.74 Å². The molecule has 174 valence electrons. The molecule has 0 spiro atoms. The average Bonchev–Trinajstić information content (AvgIpc) is 3.39. The van der Waals surface area contributed by atoms with Crippen LogP contribution in [0.15, 0.2) is 36.4 Å². The minimum absolute atomic E-state index is 0.128. The number of nitrogens with zero attached hydrogens (tertiary/aromatic N) is 3. The number of ether oxygens (including phenoxy) is 1. The van der Waals surface area contributed by atoms with Gasteiger partial charge in [0.2, 0.25) is 5.91 Å². The molecule has 0 saturated carbocycles. The van der Waals surface area contributed by atoms with Crippen LogP contribution in [0.3, 0.4) is 0 Å². The van der Waals surface area contributed by atoms with Crippen LogP contribution in [-0.4, -0.2) is 54.1 Å². The van der Waals surface area contributed by atoms with Gasteiger partial charge >= 0.3 is 11.1 Å². The van der Waals surface area contributed by atoms with Crippen molar-refractivity contribution in [1.82, 2.24) is 10.2 Å². The third-order valence-electron chi connectivity index (χ3n) is 5.56. The minimum Gasteiger partial charge on any atom is -0.442 e. The summed E-state index contributed by atoms with van der Waals surface area (Å²) in [7, 11) is 0. The molecule has 1 saturated heterocycles. The van der Waals surface area contributed by atoms with Gasteiger partial charge in [-0.25, -0.2) is 9.18 Å². The summed E-state index contributed by atoms with van der Waals surface area (Å²) in [4.78, 5) is 38.1. The maximum atomic E-state index is 14.9. The van der Waals surface area contributed by atoms with Crippen molar-refractivity contribution >= 4 is 39.6 Å². The van der Waals surface area contributed by atoms with Crippen LogP contribution in [0.2, 0.25) is 0 Å². The summed E-state index contributed by atoms with van der Waals surface area (Å²) in [6, 6.07) is 7.97. The van der Waals surface area contributed by atoms with E-state index in [1.165, 1.54) is 35.3 Å². The molecule has 0 bridgehead atoms. The number of carbonyl (C=O) groups excluding carboxylic acids is 2. The van der Waals surface area contributed by atoms with Gasteiger partial charge in [-0.2, -0.15) is 0 Å². The summed E-state index contributed by atoms with van der Waals surface area (Å²) < 4.78 is 20.2. The highest BCUT2D eigenvalue weighted by molar-refractivity contribution is 7.15. The van der Waals surface area contributed by atoms with Gasteiger partial charge in [0.1, 0.15) is 11.9 Å². The monoisotopic (exact) mass is 474 g/mol. The predicted molar refractivity (Wildman–Crippen MR) is 122 cm³/mol. The van der Waals surface area contributed by atoms with Crippen LogP contribution < -0.4 is 10.2 Å². The number of thiophene rings is 1. The van der Waals surface area contributed by atoms with Crippen molar-refractivity contribution in [3.63, 3.8) is 0 Å². The number of halogens is 1.